The van der Waals surface area contributed by atoms with Crippen LogP contribution in [0.4, 0.5) is 0 Å². The topological polar surface area (TPSA) is 192 Å². The minimum atomic E-state index is -5.03. The van der Waals surface area contributed by atoms with Gasteiger partial charge in [-0.2, -0.15) is 0 Å². The van der Waals surface area contributed by atoms with E-state index >= 15 is 0 Å². The van der Waals surface area contributed by atoms with Crippen molar-refractivity contribution in [2.75, 3.05) is 19.8 Å². The average molecular weight is 985 g/mol. The normalized spacial score (nSPS) is 21.5. The van der Waals surface area contributed by atoms with Gasteiger partial charge in [0, 0.05) is 13.0 Å². The van der Waals surface area contributed by atoms with E-state index in [2.05, 4.69) is 62.5 Å². The number of carbonyl (C=O) groups is 1. The highest BCUT2D eigenvalue weighted by atomic mass is 31.2. The molecule has 398 valence electrons. The van der Waals surface area contributed by atoms with Gasteiger partial charge in [-0.05, 0) is 77.0 Å². The number of esters is 1. The van der Waals surface area contributed by atoms with Crippen LogP contribution >= 0.6 is 7.82 Å². The predicted octanol–water partition coefficient (Wildman–Crippen LogP) is 12.8. The summed E-state index contributed by atoms with van der Waals surface area (Å²) in [5, 5.41) is 50.4. The number of rotatable bonds is 47. The molecule has 1 aliphatic rings. The van der Waals surface area contributed by atoms with Gasteiger partial charge in [0.05, 0.1) is 13.2 Å². The van der Waals surface area contributed by atoms with Crippen LogP contribution < -0.4 is 0 Å². The average Bonchev–Trinajstić information content (AvgIpc) is 3.32. The quantitative estimate of drug-likeness (QED) is 0.0147. The maximum atomic E-state index is 12.9. The second kappa shape index (κ2) is 45.2. The maximum absolute atomic E-state index is 12.9. The first-order chi connectivity index (χ1) is 33.0. The second-order valence-electron chi connectivity index (χ2n) is 19.1. The Morgan fingerprint density at radius 1 is 0.471 bits per heavy atom. The third-order valence-corrected chi connectivity index (χ3v) is 13.7. The van der Waals surface area contributed by atoms with E-state index in [1.807, 2.05) is 0 Å². The van der Waals surface area contributed by atoms with E-state index in [1.165, 1.54) is 141 Å². The zero-order chi connectivity index (χ0) is 49.8. The Labute approximate surface area is 414 Å². The molecule has 0 aromatic heterocycles. The summed E-state index contributed by atoms with van der Waals surface area (Å²) < 4.78 is 34.3. The SMILES string of the molecule is CCCCC/C=C\C/C=C\CCCCCCCCCC(=O)OC(COCCCCCCCCCCCCCC/C=C\C/C=C\CCCCCCC)COP(=O)(O)OC1C(O)C(O)C(O)C(O)C1O. The molecule has 0 bridgehead atoms. The van der Waals surface area contributed by atoms with Crippen molar-refractivity contribution in [3.05, 3.63) is 48.6 Å². The summed E-state index contributed by atoms with van der Waals surface area (Å²) in [5.41, 5.74) is 0. The molecule has 0 radical (unpaired) electrons. The first kappa shape index (κ1) is 64.3. The lowest BCUT2D eigenvalue weighted by atomic mass is 9.85. The molecular weight excluding hydrogens is 884 g/mol. The highest BCUT2D eigenvalue weighted by molar-refractivity contribution is 7.47. The van der Waals surface area contributed by atoms with Gasteiger partial charge in [-0.25, -0.2) is 4.57 Å². The lowest BCUT2D eigenvalue weighted by Crippen LogP contribution is -2.64. The largest absolute Gasteiger partial charge is 0.472 e. The van der Waals surface area contributed by atoms with Crippen LogP contribution in [0, 0.1) is 0 Å². The fraction of sp³-hybridized carbons (Fsp3) is 0.836. The smallest absolute Gasteiger partial charge is 0.457 e. The van der Waals surface area contributed by atoms with Crippen LogP contribution in [0.25, 0.3) is 0 Å². The summed E-state index contributed by atoms with van der Waals surface area (Å²) in [6.45, 7) is 4.24. The van der Waals surface area contributed by atoms with Crippen LogP contribution in [0.1, 0.15) is 232 Å². The molecule has 68 heavy (non-hydrogen) atoms. The molecule has 0 heterocycles. The molecule has 1 fully saturated rings. The first-order valence-corrected chi connectivity index (χ1v) is 29.0. The number of phosphoric acid groups is 1. The van der Waals surface area contributed by atoms with Crippen LogP contribution in [-0.4, -0.2) is 98.9 Å². The summed E-state index contributed by atoms with van der Waals surface area (Å²) in [4.78, 5) is 23.3. The minimum Gasteiger partial charge on any atom is -0.457 e. The Morgan fingerprint density at radius 2 is 0.824 bits per heavy atom. The Hall–Kier alpha value is -1.70. The third kappa shape index (κ3) is 36.3. The molecule has 0 aromatic carbocycles. The first-order valence-electron chi connectivity index (χ1n) is 27.5. The molecular formula is C55H101O12P. The summed E-state index contributed by atoms with van der Waals surface area (Å²) in [7, 11) is -5.03. The number of ether oxygens (including phenoxy) is 2. The van der Waals surface area contributed by atoms with Crippen molar-refractivity contribution in [2.45, 2.75) is 275 Å². The monoisotopic (exact) mass is 985 g/mol. The van der Waals surface area contributed by atoms with E-state index in [-0.39, 0.29) is 13.0 Å². The second-order valence-corrected chi connectivity index (χ2v) is 20.5. The predicted molar refractivity (Wildman–Crippen MR) is 276 cm³/mol. The van der Waals surface area contributed by atoms with E-state index in [4.69, 9.17) is 18.5 Å². The zero-order valence-corrected chi connectivity index (χ0v) is 43.8. The minimum absolute atomic E-state index is 0.0807. The molecule has 0 aromatic rings. The third-order valence-electron chi connectivity index (χ3n) is 12.7. The Kier molecular flexibility index (Phi) is 42.7. The molecule has 1 saturated carbocycles. The van der Waals surface area contributed by atoms with E-state index in [1.54, 1.807) is 0 Å². The molecule has 6 N–H and O–H groups in total. The molecule has 1 aliphatic carbocycles. The molecule has 0 aliphatic heterocycles. The van der Waals surface area contributed by atoms with Gasteiger partial charge < -0.3 is 39.9 Å². The fourth-order valence-corrected chi connectivity index (χ4v) is 9.27. The van der Waals surface area contributed by atoms with Gasteiger partial charge in [0.15, 0.2) is 0 Å². The zero-order valence-electron chi connectivity index (χ0n) is 42.9. The van der Waals surface area contributed by atoms with Gasteiger partial charge in [-0.15, -0.1) is 0 Å². The van der Waals surface area contributed by atoms with E-state index in [0.29, 0.717) is 13.0 Å². The Balaban J connectivity index is 2.30. The summed E-state index contributed by atoms with van der Waals surface area (Å²) in [6.07, 6.45) is 44.6. The molecule has 13 heteroatoms. The van der Waals surface area contributed by atoms with Crippen LogP contribution in [0.3, 0.4) is 0 Å². The molecule has 0 amide bonds. The van der Waals surface area contributed by atoms with Crippen molar-refractivity contribution in [3.8, 4) is 0 Å². The number of carbonyl (C=O) groups excluding carboxylic acids is 1. The van der Waals surface area contributed by atoms with Crippen LogP contribution in [0.2, 0.25) is 0 Å². The molecule has 1 rings (SSSR count). The number of allylic oxidation sites excluding steroid dienone is 8. The lowest BCUT2D eigenvalue weighted by molar-refractivity contribution is -0.220. The summed E-state index contributed by atoms with van der Waals surface area (Å²) >= 11 is 0. The van der Waals surface area contributed by atoms with E-state index in [0.717, 1.165) is 64.2 Å². The highest BCUT2D eigenvalue weighted by Crippen LogP contribution is 2.47. The fourth-order valence-electron chi connectivity index (χ4n) is 8.30. The van der Waals surface area contributed by atoms with Crippen LogP contribution in [0.15, 0.2) is 48.6 Å². The van der Waals surface area contributed by atoms with Crippen molar-refractivity contribution in [3.63, 3.8) is 0 Å². The number of phosphoric ester groups is 1. The van der Waals surface area contributed by atoms with Crippen molar-refractivity contribution in [1.82, 2.24) is 0 Å². The van der Waals surface area contributed by atoms with Gasteiger partial charge in [0.2, 0.25) is 0 Å². The molecule has 6 unspecified atom stereocenters. The van der Waals surface area contributed by atoms with E-state index < -0.39 is 63.1 Å². The van der Waals surface area contributed by atoms with Crippen molar-refractivity contribution < 1.29 is 58.3 Å². The van der Waals surface area contributed by atoms with Gasteiger partial charge in [-0.3, -0.25) is 13.8 Å². The van der Waals surface area contributed by atoms with E-state index in [9.17, 15) is 39.8 Å². The highest BCUT2D eigenvalue weighted by Gasteiger charge is 2.51. The van der Waals surface area contributed by atoms with Crippen LogP contribution in [0.5, 0.6) is 0 Å². The maximum Gasteiger partial charge on any atom is 0.472 e. The van der Waals surface area contributed by atoms with Gasteiger partial charge in [-0.1, -0.05) is 197 Å². The number of hydrogen-bond donors (Lipinski definition) is 6. The van der Waals surface area contributed by atoms with Crippen molar-refractivity contribution >= 4 is 13.8 Å². The number of hydrogen-bond acceptors (Lipinski definition) is 11. The lowest BCUT2D eigenvalue weighted by Gasteiger charge is -2.41. The van der Waals surface area contributed by atoms with Gasteiger partial charge in [0.1, 0.15) is 42.7 Å². The van der Waals surface area contributed by atoms with Gasteiger partial charge in [0.25, 0.3) is 0 Å². The summed E-state index contributed by atoms with van der Waals surface area (Å²) in [6, 6.07) is 0. The molecule has 12 nitrogen and oxygen atoms in total. The van der Waals surface area contributed by atoms with Crippen molar-refractivity contribution in [2.24, 2.45) is 0 Å². The van der Waals surface area contributed by atoms with Crippen molar-refractivity contribution in [1.29, 1.82) is 0 Å². The summed E-state index contributed by atoms with van der Waals surface area (Å²) in [5.74, 6) is -0.484. The van der Waals surface area contributed by atoms with Gasteiger partial charge >= 0.3 is 13.8 Å². The molecule has 0 saturated heterocycles. The molecule has 0 spiro atoms. The standard InChI is InChI=1S/C55H101O12P/c1-3-5-7-9-11-13-15-17-19-21-22-23-24-25-26-27-29-31-33-35-37-39-41-43-45-64-46-48(47-65-68(62,63)67-55-53(60)51(58)50(57)52(59)54(55)61)66-49(56)44-42-40-38-36-34-32-30-28-20-18-16-14-12-10-8-6-4-2/h12,14-15,17-18,20-22,48,50-55,57-61H,3-11,13,16,19,23-47H2,1-2H3,(H,62,63)/b14-12-,17-15-,20-18-,22-21-. The Bertz CT molecular complexity index is 1310. The number of aliphatic hydroxyl groups excluding tert-OH is 5. The van der Waals surface area contributed by atoms with Crippen LogP contribution in [-0.2, 0) is 27.9 Å². The Morgan fingerprint density at radius 3 is 1.26 bits per heavy atom. The number of unbranched alkanes of at least 4 members (excludes halogenated alkanes) is 27. The molecule has 6 atom stereocenters. The number of aliphatic hydroxyl groups is 5.